The first-order valence-corrected chi connectivity index (χ1v) is 10.1. The molecule has 0 N–H and O–H groups in total. The van der Waals surface area contributed by atoms with Crippen molar-refractivity contribution in [3.05, 3.63) is 106 Å². The second-order valence-electron chi connectivity index (χ2n) is 6.22. The molecule has 1 aliphatic rings. The summed E-state index contributed by atoms with van der Waals surface area (Å²) in [5, 5.41) is 10.3. The monoisotopic (exact) mass is 403 g/mol. The van der Waals surface area contributed by atoms with Crippen molar-refractivity contribution in [3.8, 4) is 0 Å². The maximum Gasteiger partial charge on any atom is 0.211 e. The molecule has 0 saturated heterocycles. The molecule has 138 valence electrons. The van der Waals surface area contributed by atoms with Crippen molar-refractivity contribution < 1.29 is 0 Å². The molecule has 3 aromatic carbocycles. The van der Waals surface area contributed by atoms with E-state index in [1.165, 1.54) is 11.8 Å². The standard InChI is InChI=1S/C23H18ClN3S/c1-17(18-12-14-20(24)15-13-18)25-23-26-27(21-10-6-3-7-11-21)22(16-28-23)19-8-4-2-5-9-19/h2-16H,1H3/b25-17+. The fraction of sp³-hybridized carbons (Fsp3) is 0.0435. The number of amidine groups is 1. The van der Waals surface area contributed by atoms with E-state index in [4.69, 9.17) is 21.7 Å². The van der Waals surface area contributed by atoms with Crippen molar-refractivity contribution in [2.75, 3.05) is 5.01 Å². The molecule has 0 saturated carbocycles. The van der Waals surface area contributed by atoms with Crippen LogP contribution in [-0.2, 0) is 0 Å². The van der Waals surface area contributed by atoms with E-state index in [-0.39, 0.29) is 0 Å². The second-order valence-corrected chi connectivity index (χ2v) is 7.49. The van der Waals surface area contributed by atoms with Gasteiger partial charge in [0.15, 0.2) is 0 Å². The Kier molecular flexibility index (Phi) is 5.60. The lowest BCUT2D eigenvalue weighted by atomic mass is 10.1. The van der Waals surface area contributed by atoms with Crippen LogP contribution in [0.2, 0.25) is 5.02 Å². The summed E-state index contributed by atoms with van der Waals surface area (Å²) in [6.45, 7) is 1.98. The van der Waals surface area contributed by atoms with Gasteiger partial charge in [0, 0.05) is 21.7 Å². The van der Waals surface area contributed by atoms with Gasteiger partial charge in [-0.15, -0.1) is 5.10 Å². The number of hydrazone groups is 1. The average Bonchev–Trinajstić information content (AvgIpc) is 2.75. The highest BCUT2D eigenvalue weighted by Crippen LogP contribution is 2.33. The Bertz CT molecular complexity index is 1040. The molecule has 5 heteroatoms. The summed E-state index contributed by atoms with van der Waals surface area (Å²) >= 11 is 7.51. The third-order valence-corrected chi connectivity index (χ3v) is 5.26. The molecule has 28 heavy (non-hydrogen) atoms. The van der Waals surface area contributed by atoms with Gasteiger partial charge in [-0.3, -0.25) is 0 Å². The Labute approximate surface area is 174 Å². The lowest BCUT2D eigenvalue weighted by molar-refractivity contribution is 1.09. The van der Waals surface area contributed by atoms with Gasteiger partial charge in [-0.25, -0.2) is 10.0 Å². The molecule has 0 fully saturated rings. The predicted octanol–water partition coefficient (Wildman–Crippen LogP) is 6.67. The Hall–Kier alpha value is -2.82. The number of anilines is 1. The van der Waals surface area contributed by atoms with Crippen molar-refractivity contribution in [3.63, 3.8) is 0 Å². The van der Waals surface area contributed by atoms with Crippen LogP contribution in [0.25, 0.3) is 5.70 Å². The Morgan fingerprint density at radius 2 is 1.54 bits per heavy atom. The fourth-order valence-corrected chi connectivity index (χ4v) is 3.73. The number of benzene rings is 3. The molecule has 0 bridgehead atoms. The Morgan fingerprint density at radius 1 is 0.893 bits per heavy atom. The molecule has 0 radical (unpaired) electrons. The van der Waals surface area contributed by atoms with Gasteiger partial charge in [-0.2, -0.15) is 0 Å². The smallest absolute Gasteiger partial charge is 0.211 e. The van der Waals surface area contributed by atoms with Crippen LogP contribution in [0.15, 0.2) is 100 Å². The van der Waals surface area contributed by atoms with Crippen LogP contribution in [0, 0.1) is 0 Å². The molecule has 0 aliphatic carbocycles. The highest BCUT2D eigenvalue weighted by molar-refractivity contribution is 8.16. The van der Waals surface area contributed by atoms with E-state index in [0.717, 1.165) is 28.2 Å². The number of nitrogens with zero attached hydrogens (tertiary/aromatic N) is 3. The minimum absolute atomic E-state index is 0.691. The highest BCUT2D eigenvalue weighted by atomic mass is 35.5. The van der Waals surface area contributed by atoms with E-state index in [2.05, 4.69) is 17.5 Å². The second kappa shape index (κ2) is 8.46. The van der Waals surface area contributed by atoms with E-state index in [9.17, 15) is 0 Å². The molecule has 0 atom stereocenters. The topological polar surface area (TPSA) is 28.0 Å². The summed E-state index contributed by atoms with van der Waals surface area (Å²) < 4.78 is 0. The SMILES string of the molecule is C/C(=N\C1=NN(c2ccccc2)C(c2ccccc2)=CS1)c1ccc(Cl)cc1. The zero-order chi connectivity index (χ0) is 19.3. The number of halogens is 1. The zero-order valence-electron chi connectivity index (χ0n) is 15.3. The molecule has 0 spiro atoms. The molecule has 0 unspecified atom stereocenters. The summed E-state index contributed by atoms with van der Waals surface area (Å²) in [5.41, 5.74) is 5.05. The third-order valence-electron chi connectivity index (χ3n) is 4.29. The van der Waals surface area contributed by atoms with Gasteiger partial charge in [0.25, 0.3) is 0 Å². The van der Waals surface area contributed by atoms with Crippen LogP contribution in [0.3, 0.4) is 0 Å². The molecular formula is C23H18ClN3S. The molecule has 4 rings (SSSR count). The minimum atomic E-state index is 0.691. The molecule has 1 heterocycles. The number of para-hydroxylation sites is 1. The molecule has 0 amide bonds. The van der Waals surface area contributed by atoms with Gasteiger partial charge in [-0.1, -0.05) is 84.0 Å². The van der Waals surface area contributed by atoms with E-state index in [1.54, 1.807) is 0 Å². The fourth-order valence-electron chi connectivity index (χ4n) is 2.83. The van der Waals surface area contributed by atoms with Crippen LogP contribution in [0.5, 0.6) is 0 Å². The van der Waals surface area contributed by atoms with Gasteiger partial charge in [0.1, 0.15) is 0 Å². The lowest BCUT2D eigenvalue weighted by Gasteiger charge is -2.26. The Morgan fingerprint density at radius 3 is 2.21 bits per heavy atom. The maximum atomic E-state index is 5.99. The van der Waals surface area contributed by atoms with E-state index >= 15 is 0 Å². The van der Waals surface area contributed by atoms with Crippen molar-refractivity contribution in [1.29, 1.82) is 0 Å². The molecular weight excluding hydrogens is 386 g/mol. The van der Waals surface area contributed by atoms with Crippen LogP contribution in [0.1, 0.15) is 18.1 Å². The molecule has 1 aliphatic heterocycles. The van der Waals surface area contributed by atoms with Gasteiger partial charge >= 0.3 is 0 Å². The number of aliphatic imine (C=N–C) groups is 1. The third kappa shape index (κ3) is 4.19. The predicted molar refractivity (Wildman–Crippen MR) is 122 cm³/mol. The van der Waals surface area contributed by atoms with Gasteiger partial charge in [0.05, 0.1) is 11.4 Å². The van der Waals surface area contributed by atoms with Crippen molar-refractivity contribution in [1.82, 2.24) is 0 Å². The van der Waals surface area contributed by atoms with Crippen molar-refractivity contribution >= 4 is 45.6 Å². The summed E-state index contributed by atoms with van der Waals surface area (Å²) in [4.78, 5) is 4.74. The maximum absolute atomic E-state index is 5.99. The number of hydrogen-bond acceptors (Lipinski definition) is 4. The van der Waals surface area contributed by atoms with E-state index < -0.39 is 0 Å². The average molecular weight is 404 g/mol. The summed E-state index contributed by atoms with van der Waals surface area (Å²) in [6.07, 6.45) is 0. The lowest BCUT2D eigenvalue weighted by Crippen LogP contribution is -2.19. The quantitative estimate of drug-likeness (QED) is 0.456. The first-order chi connectivity index (χ1) is 13.7. The minimum Gasteiger partial charge on any atom is -0.230 e. The normalized spacial score (nSPS) is 14.5. The van der Waals surface area contributed by atoms with E-state index in [0.29, 0.717) is 10.2 Å². The van der Waals surface area contributed by atoms with Gasteiger partial charge < -0.3 is 0 Å². The van der Waals surface area contributed by atoms with Crippen LogP contribution in [-0.4, -0.2) is 10.9 Å². The molecule has 3 nitrogen and oxygen atoms in total. The van der Waals surface area contributed by atoms with Gasteiger partial charge in [0.2, 0.25) is 5.17 Å². The summed E-state index contributed by atoms with van der Waals surface area (Å²) in [5.74, 6) is 0. The number of rotatable bonds is 3. The van der Waals surface area contributed by atoms with Crippen LogP contribution in [0.4, 0.5) is 5.69 Å². The van der Waals surface area contributed by atoms with Crippen molar-refractivity contribution in [2.45, 2.75) is 6.92 Å². The molecule has 0 aromatic heterocycles. The Balaban J connectivity index is 1.70. The van der Waals surface area contributed by atoms with Crippen LogP contribution < -0.4 is 5.01 Å². The van der Waals surface area contributed by atoms with E-state index in [1.807, 2.05) is 84.7 Å². The number of thioether (sulfide) groups is 1. The summed E-state index contributed by atoms with van der Waals surface area (Å²) in [6, 6.07) is 28.1. The largest absolute Gasteiger partial charge is 0.230 e. The van der Waals surface area contributed by atoms with Crippen LogP contribution >= 0.6 is 23.4 Å². The molecule has 3 aromatic rings. The number of hydrogen-bond donors (Lipinski definition) is 0. The van der Waals surface area contributed by atoms with Gasteiger partial charge in [-0.05, 0) is 36.8 Å². The first-order valence-electron chi connectivity index (χ1n) is 8.88. The summed E-state index contributed by atoms with van der Waals surface area (Å²) in [7, 11) is 0. The van der Waals surface area contributed by atoms with Crippen molar-refractivity contribution in [2.24, 2.45) is 10.1 Å². The highest BCUT2D eigenvalue weighted by Gasteiger charge is 2.19. The zero-order valence-corrected chi connectivity index (χ0v) is 16.9. The first kappa shape index (κ1) is 18.5.